The fourth-order valence-corrected chi connectivity index (χ4v) is 1.91. The molecule has 2 aromatic rings. The van der Waals surface area contributed by atoms with Crippen LogP contribution < -0.4 is 4.74 Å². The summed E-state index contributed by atoms with van der Waals surface area (Å²) in [6.45, 7) is 0. The molecule has 92 valence electrons. The molecule has 0 fully saturated rings. The molecule has 0 spiro atoms. The number of hydrogen-bond acceptors (Lipinski definition) is 3. The molecule has 0 aliphatic rings. The Hall–Kier alpha value is -2.78. The Balaban J connectivity index is 2.38. The summed E-state index contributed by atoms with van der Waals surface area (Å²) < 4.78 is 5.17. The first kappa shape index (κ1) is 12.7. The zero-order chi connectivity index (χ0) is 13.7. The van der Waals surface area contributed by atoms with Crippen LogP contribution in [0.5, 0.6) is 5.75 Å². The third-order valence-electron chi connectivity index (χ3n) is 2.93. The van der Waals surface area contributed by atoms with Crippen molar-refractivity contribution < 1.29 is 4.74 Å². The van der Waals surface area contributed by atoms with Gasteiger partial charge in [-0.3, -0.25) is 0 Å². The van der Waals surface area contributed by atoms with Gasteiger partial charge in [-0.15, -0.1) is 0 Å². The van der Waals surface area contributed by atoms with Gasteiger partial charge < -0.3 is 4.74 Å². The second-order valence-electron chi connectivity index (χ2n) is 4.07. The van der Waals surface area contributed by atoms with E-state index in [4.69, 9.17) is 10.00 Å². The van der Waals surface area contributed by atoms with Gasteiger partial charge in [0.15, 0.2) is 0 Å². The quantitative estimate of drug-likeness (QED) is 0.837. The summed E-state index contributed by atoms with van der Waals surface area (Å²) in [6.07, 6.45) is 0. The van der Waals surface area contributed by atoms with Gasteiger partial charge in [-0.2, -0.15) is 10.5 Å². The smallest absolute Gasteiger partial charge is 0.119 e. The Bertz CT molecular complexity index is 648. The van der Waals surface area contributed by atoms with Gasteiger partial charge in [0.25, 0.3) is 0 Å². The SMILES string of the molecule is COc1cccc(C(C#N)c2ccc(C#N)cc2)c1. The van der Waals surface area contributed by atoms with E-state index in [0.717, 1.165) is 16.9 Å². The maximum atomic E-state index is 9.37. The van der Waals surface area contributed by atoms with Crippen LogP contribution in [-0.2, 0) is 0 Å². The highest BCUT2D eigenvalue weighted by Crippen LogP contribution is 2.26. The van der Waals surface area contributed by atoms with Crippen molar-refractivity contribution >= 4 is 0 Å². The first-order chi connectivity index (χ1) is 9.28. The van der Waals surface area contributed by atoms with E-state index < -0.39 is 0 Å². The fourth-order valence-electron chi connectivity index (χ4n) is 1.91. The van der Waals surface area contributed by atoms with Crippen molar-refractivity contribution in [1.29, 1.82) is 10.5 Å². The van der Waals surface area contributed by atoms with E-state index in [1.165, 1.54) is 0 Å². The first-order valence-electron chi connectivity index (χ1n) is 5.82. The summed E-state index contributed by atoms with van der Waals surface area (Å²) >= 11 is 0. The molecule has 0 saturated carbocycles. The minimum atomic E-state index is -0.358. The van der Waals surface area contributed by atoms with Crippen molar-refractivity contribution in [3.8, 4) is 17.9 Å². The van der Waals surface area contributed by atoms with E-state index >= 15 is 0 Å². The van der Waals surface area contributed by atoms with Gasteiger partial charge in [-0.1, -0.05) is 24.3 Å². The number of rotatable bonds is 3. The van der Waals surface area contributed by atoms with Crippen LogP contribution in [0.25, 0.3) is 0 Å². The number of methoxy groups -OCH3 is 1. The molecule has 0 radical (unpaired) electrons. The molecule has 0 heterocycles. The average molecular weight is 248 g/mol. The lowest BCUT2D eigenvalue weighted by atomic mass is 9.92. The second kappa shape index (κ2) is 5.71. The van der Waals surface area contributed by atoms with Crippen LogP contribution in [0.4, 0.5) is 0 Å². The molecule has 1 atom stereocenters. The first-order valence-corrected chi connectivity index (χ1v) is 5.82. The molecule has 2 aromatic carbocycles. The van der Waals surface area contributed by atoms with Crippen LogP contribution in [0.2, 0.25) is 0 Å². The summed E-state index contributed by atoms with van der Waals surface area (Å²) in [5.74, 6) is 0.370. The van der Waals surface area contributed by atoms with Crippen molar-refractivity contribution in [2.24, 2.45) is 0 Å². The second-order valence-corrected chi connectivity index (χ2v) is 4.07. The summed E-state index contributed by atoms with van der Waals surface area (Å²) in [6, 6.07) is 18.9. The van der Waals surface area contributed by atoms with Crippen molar-refractivity contribution in [2.45, 2.75) is 5.92 Å². The van der Waals surface area contributed by atoms with Gasteiger partial charge in [0.05, 0.1) is 30.7 Å². The Kier molecular flexibility index (Phi) is 3.81. The fraction of sp³-hybridized carbons (Fsp3) is 0.125. The standard InChI is InChI=1S/C16H12N2O/c1-19-15-4-2-3-14(9-15)16(11-18)13-7-5-12(10-17)6-8-13/h2-9,16H,1H3. The molecule has 0 N–H and O–H groups in total. The minimum Gasteiger partial charge on any atom is -0.497 e. The molecule has 0 bridgehead atoms. The molecule has 3 nitrogen and oxygen atoms in total. The van der Waals surface area contributed by atoms with Crippen molar-refractivity contribution in [3.05, 3.63) is 65.2 Å². The lowest BCUT2D eigenvalue weighted by Gasteiger charge is -2.11. The zero-order valence-electron chi connectivity index (χ0n) is 10.5. The van der Waals surface area contributed by atoms with Crippen LogP contribution in [0.1, 0.15) is 22.6 Å². The van der Waals surface area contributed by atoms with Crippen molar-refractivity contribution in [3.63, 3.8) is 0 Å². The molecule has 0 aliphatic carbocycles. The summed E-state index contributed by atoms with van der Waals surface area (Å²) in [5, 5.41) is 18.1. The maximum absolute atomic E-state index is 9.37. The summed E-state index contributed by atoms with van der Waals surface area (Å²) in [5.41, 5.74) is 2.34. The minimum absolute atomic E-state index is 0.358. The molecule has 3 heteroatoms. The normalized spacial score (nSPS) is 11.1. The Morgan fingerprint density at radius 2 is 1.74 bits per heavy atom. The molecule has 0 amide bonds. The van der Waals surface area contributed by atoms with E-state index in [-0.39, 0.29) is 5.92 Å². The zero-order valence-corrected chi connectivity index (χ0v) is 10.5. The summed E-state index contributed by atoms with van der Waals surface area (Å²) in [7, 11) is 1.60. The molecule has 0 aliphatic heterocycles. The monoisotopic (exact) mass is 248 g/mol. The van der Waals surface area contributed by atoms with E-state index in [9.17, 15) is 5.26 Å². The molecular formula is C16H12N2O. The highest BCUT2D eigenvalue weighted by molar-refractivity contribution is 5.43. The average Bonchev–Trinajstić information content (AvgIpc) is 2.49. The number of benzene rings is 2. The van der Waals surface area contributed by atoms with E-state index in [1.54, 1.807) is 19.2 Å². The molecule has 19 heavy (non-hydrogen) atoms. The summed E-state index contributed by atoms with van der Waals surface area (Å²) in [4.78, 5) is 0. The number of ether oxygens (including phenoxy) is 1. The number of nitrogens with zero attached hydrogens (tertiary/aromatic N) is 2. The number of nitriles is 2. The topological polar surface area (TPSA) is 56.8 Å². The van der Waals surface area contributed by atoms with E-state index in [2.05, 4.69) is 12.1 Å². The van der Waals surface area contributed by atoms with Gasteiger partial charge in [0.1, 0.15) is 5.75 Å². The largest absolute Gasteiger partial charge is 0.497 e. The number of hydrogen-bond donors (Lipinski definition) is 0. The van der Waals surface area contributed by atoms with Gasteiger partial charge in [0.2, 0.25) is 0 Å². The van der Waals surface area contributed by atoms with E-state index in [1.807, 2.05) is 36.4 Å². The third kappa shape index (κ3) is 2.73. The van der Waals surface area contributed by atoms with Gasteiger partial charge in [-0.05, 0) is 35.4 Å². The Morgan fingerprint density at radius 1 is 1.00 bits per heavy atom. The predicted octanol–water partition coefficient (Wildman–Crippen LogP) is 3.22. The predicted molar refractivity (Wildman–Crippen MR) is 71.6 cm³/mol. The van der Waals surface area contributed by atoms with Crippen LogP contribution in [0.3, 0.4) is 0 Å². The van der Waals surface area contributed by atoms with Gasteiger partial charge in [-0.25, -0.2) is 0 Å². The molecule has 0 saturated heterocycles. The Morgan fingerprint density at radius 3 is 2.32 bits per heavy atom. The van der Waals surface area contributed by atoms with Crippen LogP contribution in [0, 0.1) is 22.7 Å². The lowest BCUT2D eigenvalue weighted by Crippen LogP contribution is -1.98. The highest BCUT2D eigenvalue weighted by atomic mass is 16.5. The van der Waals surface area contributed by atoms with Crippen molar-refractivity contribution in [2.75, 3.05) is 7.11 Å². The van der Waals surface area contributed by atoms with Crippen molar-refractivity contribution in [1.82, 2.24) is 0 Å². The van der Waals surface area contributed by atoms with Crippen LogP contribution >= 0.6 is 0 Å². The molecule has 2 rings (SSSR count). The highest BCUT2D eigenvalue weighted by Gasteiger charge is 2.13. The third-order valence-corrected chi connectivity index (χ3v) is 2.93. The van der Waals surface area contributed by atoms with Crippen LogP contribution in [-0.4, -0.2) is 7.11 Å². The van der Waals surface area contributed by atoms with Gasteiger partial charge in [0, 0.05) is 0 Å². The van der Waals surface area contributed by atoms with Gasteiger partial charge >= 0.3 is 0 Å². The molecule has 0 aromatic heterocycles. The molecule has 1 unspecified atom stereocenters. The molecular weight excluding hydrogens is 236 g/mol. The maximum Gasteiger partial charge on any atom is 0.119 e. The lowest BCUT2D eigenvalue weighted by molar-refractivity contribution is 0.414. The Labute approximate surface area is 112 Å². The van der Waals surface area contributed by atoms with E-state index in [0.29, 0.717) is 5.56 Å². The van der Waals surface area contributed by atoms with Crippen LogP contribution in [0.15, 0.2) is 48.5 Å².